The van der Waals surface area contributed by atoms with E-state index >= 15 is 0 Å². The molecule has 2 aromatic rings. The normalized spacial score (nSPS) is 9.19. The second kappa shape index (κ2) is 7.43. The van der Waals surface area contributed by atoms with Gasteiger partial charge in [-0.25, -0.2) is 19.6 Å². The van der Waals surface area contributed by atoms with Crippen molar-refractivity contribution in [3.63, 3.8) is 0 Å². The van der Waals surface area contributed by atoms with Gasteiger partial charge in [0, 0.05) is 0 Å². The molecule has 0 atom stereocenters. The molecular formula is C13H12N2O6. The summed E-state index contributed by atoms with van der Waals surface area (Å²) in [5.74, 6) is -1.62. The zero-order valence-corrected chi connectivity index (χ0v) is 10.9. The molecule has 8 nitrogen and oxygen atoms in total. The lowest BCUT2D eigenvalue weighted by atomic mass is 10.3. The number of aromatic nitrogens is 2. The molecule has 8 heteroatoms. The second-order valence-electron chi connectivity index (χ2n) is 3.60. The quantitative estimate of drug-likeness (QED) is 0.771. The maximum absolute atomic E-state index is 10.3. The average molecular weight is 292 g/mol. The van der Waals surface area contributed by atoms with E-state index in [-0.39, 0.29) is 17.1 Å². The minimum Gasteiger partial charge on any atom is -0.506 e. The van der Waals surface area contributed by atoms with Crippen molar-refractivity contribution < 1.29 is 29.6 Å². The molecule has 0 amide bonds. The topological polar surface area (TPSA) is 130 Å². The lowest BCUT2D eigenvalue weighted by Crippen LogP contribution is -1.99. The zero-order chi connectivity index (χ0) is 15.8. The average Bonchev–Trinajstić information content (AvgIpc) is 2.48. The number of aromatic carboxylic acids is 2. The maximum atomic E-state index is 10.3. The molecule has 2 aromatic heterocycles. The number of carboxylic acids is 2. The monoisotopic (exact) mass is 292 g/mol. The lowest BCUT2D eigenvalue weighted by Gasteiger charge is -1.97. The summed E-state index contributed by atoms with van der Waals surface area (Å²) in [7, 11) is 1.50. The Bertz CT molecular complexity index is 610. The fourth-order valence-electron chi connectivity index (χ4n) is 1.14. The number of ether oxygens (including phenoxy) is 1. The summed E-state index contributed by atoms with van der Waals surface area (Å²) in [6, 6.07) is 5.45. The number of aromatic hydroxyl groups is 1. The van der Waals surface area contributed by atoms with Gasteiger partial charge in [-0.2, -0.15) is 0 Å². The van der Waals surface area contributed by atoms with Crippen LogP contribution in [0.15, 0.2) is 36.7 Å². The Morgan fingerprint density at radius 3 is 1.81 bits per heavy atom. The Morgan fingerprint density at radius 2 is 1.48 bits per heavy atom. The molecule has 0 aliphatic heterocycles. The second-order valence-corrected chi connectivity index (χ2v) is 3.60. The number of methoxy groups -OCH3 is 1. The van der Waals surface area contributed by atoms with Crippen LogP contribution < -0.4 is 4.74 Å². The summed E-state index contributed by atoms with van der Waals surface area (Å²) < 4.78 is 4.79. The van der Waals surface area contributed by atoms with Crippen LogP contribution in [0, 0.1) is 0 Å². The SMILES string of the molecule is COc1ccc(C(=O)O)nc1.O=C(O)c1ccc(O)cn1. The highest BCUT2D eigenvalue weighted by Crippen LogP contribution is 2.07. The largest absolute Gasteiger partial charge is 0.506 e. The molecule has 3 N–H and O–H groups in total. The molecular weight excluding hydrogens is 280 g/mol. The summed E-state index contributed by atoms with van der Waals surface area (Å²) >= 11 is 0. The lowest BCUT2D eigenvalue weighted by molar-refractivity contribution is 0.0679. The highest BCUT2D eigenvalue weighted by molar-refractivity contribution is 5.85. The van der Waals surface area contributed by atoms with Crippen LogP contribution in [0.1, 0.15) is 21.0 Å². The van der Waals surface area contributed by atoms with Crippen molar-refractivity contribution in [1.29, 1.82) is 0 Å². The smallest absolute Gasteiger partial charge is 0.354 e. The molecule has 0 saturated heterocycles. The summed E-state index contributed by atoms with van der Waals surface area (Å²) in [5, 5.41) is 25.5. The van der Waals surface area contributed by atoms with Crippen molar-refractivity contribution >= 4 is 11.9 Å². The van der Waals surface area contributed by atoms with Crippen molar-refractivity contribution in [3.8, 4) is 11.5 Å². The van der Waals surface area contributed by atoms with E-state index in [0.717, 1.165) is 6.20 Å². The van der Waals surface area contributed by atoms with Crippen LogP contribution in [0.4, 0.5) is 0 Å². The predicted octanol–water partition coefficient (Wildman–Crippen LogP) is 1.27. The highest BCUT2D eigenvalue weighted by Gasteiger charge is 2.02. The van der Waals surface area contributed by atoms with Gasteiger partial charge in [0.2, 0.25) is 0 Å². The number of hydrogen-bond acceptors (Lipinski definition) is 6. The van der Waals surface area contributed by atoms with Gasteiger partial charge in [-0.05, 0) is 24.3 Å². The van der Waals surface area contributed by atoms with Gasteiger partial charge in [-0.1, -0.05) is 0 Å². The number of carboxylic acid groups (broad SMARTS) is 2. The van der Waals surface area contributed by atoms with E-state index in [1.165, 1.54) is 31.5 Å². The molecule has 0 bridgehead atoms. The van der Waals surface area contributed by atoms with Crippen LogP contribution in [0.2, 0.25) is 0 Å². The fourth-order valence-corrected chi connectivity index (χ4v) is 1.14. The van der Waals surface area contributed by atoms with E-state index in [1.54, 1.807) is 6.07 Å². The van der Waals surface area contributed by atoms with E-state index in [2.05, 4.69) is 9.97 Å². The number of rotatable bonds is 3. The van der Waals surface area contributed by atoms with Crippen molar-refractivity contribution in [3.05, 3.63) is 48.0 Å². The minimum atomic E-state index is -1.10. The minimum absolute atomic E-state index is 0.0193. The fraction of sp³-hybridized carbons (Fsp3) is 0.0769. The number of hydrogen-bond donors (Lipinski definition) is 3. The van der Waals surface area contributed by atoms with E-state index in [0.29, 0.717) is 5.75 Å². The van der Waals surface area contributed by atoms with Crippen LogP contribution in [-0.2, 0) is 0 Å². The Kier molecular flexibility index (Phi) is 5.63. The predicted molar refractivity (Wildman–Crippen MR) is 70.6 cm³/mol. The van der Waals surface area contributed by atoms with E-state index in [9.17, 15) is 9.59 Å². The molecule has 0 aliphatic rings. The third-order valence-corrected chi connectivity index (χ3v) is 2.16. The third-order valence-electron chi connectivity index (χ3n) is 2.16. The van der Waals surface area contributed by atoms with Gasteiger partial charge in [0.15, 0.2) is 0 Å². The molecule has 0 saturated carbocycles. The van der Waals surface area contributed by atoms with Gasteiger partial charge in [-0.15, -0.1) is 0 Å². The van der Waals surface area contributed by atoms with E-state index < -0.39 is 11.9 Å². The van der Waals surface area contributed by atoms with Crippen LogP contribution >= 0.6 is 0 Å². The van der Waals surface area contributed by atoms with Crippen LogP contribution in [0.5, 0.6) is 11.5 Å². The summed E-state index contributed by atoms with van der Waals surface area (Å²) in [4.78, 5) is 27.5. The molecule has 110 valence electrons. The van der Waals surface area contributed by atoms with Gasteiger partial charge in [-0.3, -0.25) is 0 Å². The summed E-state index contributed by atoms with van der Waals surface area (Å²) in [6.45, 7) is 0. The van der Waals surface area contributed by atoms with Crippen LogP contribution in [0.25, 0.3) is 0 Å². The van der Waals surface area contributed by atoms with Crippen molar-refractivity contribution in [1.82, 2.24) is 9.97 Å². The Balaban J connectivity index is 0.000000211. The summed E-state index contributed by atoms with van der Waals surface area (Å²) in [6.07, 6.45) is 2.45. The number of pyridine rings is 2. The first-order valence-electron chi connectivity index (χ1n) is 5.55. The molecule has 0 aliphatic carbocycles. The molecule has 21 heavy (non-hydrogen) atoms. The van der Waals surface area contributed by atoms with Gasteiger partial charge in [0.05, 0.1) is 19.5 Å². The van der Waals surface area contributed by atoms with Gasteiger partial charge < -0.3 is 20.1 Å². The standard InChI is InChI=1S/C7H7NO3.C6H5NO3/c1-11-5-2-3-6(7(9)10)8-4-5;8-4-1-2-5(6(9)10)7-3-4/h2-4H,1H3,(H,9,10);1-3,8H,(H,9,10). The molecule has 0 aromatic carbocycles. The summed E-state index contributed by atoms with van der Waals surface area (Å²) in [5.41, 5.74) is -0.0522. The first-order valence-corrected chi connectivity index (χ1v) is 5.55. The highest BCUT2D eigenvalue weighted by atomic mass is 16.5. The number of nitrogens with zero attached hydrogens (tertiary/aromatic N) is 2. The molecule has 0 unspecified atom stereocenters. The first kappa shape index (κ1) is 15.9. The number of carbonyl (C=O) groups is 2. The van der Waals surface area contributed by atoms with Crippen LogP contribution in [-0.4, -0.2) is 44.3 Å². The maximum Gasteiger partial charge on any atom is 0.354 e. The van der Waals surface area contributed by atoms with Crippen molar-refractivity contribution in [2.75, 3.05) is 7.11 Å². The van der Waals surface area contributed by atoms with Crippen molar-refractivity contribution in [2.45, 2.75) is 0 Å². The van der Waals surface area contributed by atoms with E-state index in [4.69, 9.17) is 20.1 Å². The van der Waals surface area contributed by atoms with Crippen LogP contribution in [0.3, 0.4) is 0 Å². The molecule has 0 spiro atoms. The first-order chi connectivity index (χ1) is 9.93. The van der Waals surface area contributed by atoms with Gasteiger partial charge >= 0.3 is 11.9 Å². The van der Waals surface area contributed by atoms with E-state index in [1.807, 2.05) is 0 Å². The third kappa shape index (κ3) is 5.15. The molecule has 2 heterocycles. The Morgan fingerprint density at radius 1 is 0.952 bits per heavy atom. The molecule has 0 radical (unpaired) electrons. The zero-order valence-electron chi connectivity index (χ0n) is 10.9. The molecule has 0 fully saturated rings. The Hall–Kier alpha value is -3.16. The van der Waals surface area contributed by atoms with Crippen molar-refractivity contribution in [2.24, 2.45) is 0 Å². The Labute approximate surface area is 119 Å². The van der Waals surface area contributed by atoms with Gasteiger partial charge in [0.1, 0.15) is 22.9 Å². The molecule has 2 rings (SSSR count). The van der Waals surface area contributed by atoms with Gasteiger partial charge in [0.25, 0.3) is 0 Å².